The minimum atomic E-state index is -0.190. The van der Waals surface area contributed by atoms with Gasteiger partial charge >= 0.3 is 0 Å². The molecule has 0 amide bonds. The van der Waals surface area contributed by atoms with Crippen molar-refractivity contribution in [1.82, 2.24) is 20.4 Å². The Morgan fingerprint density at radius 3 is 2.58 bits per heavy atom. The molecule has 1 aromatic heterocycles. The fraction of sp³-hybridized carbons (Fsp3) is 0.333. The summed E-state index contributed by atoms with van der Waals surface area (Å²) in [7, 11) is 1.83. The quantitative estimate of drug-likeness (QED) is 0.644. The van der Waals surface area contributed by atoms with E-state index in [4.69, 9.17) is 10.6 Å². The molecule has 1 heterocycles. The van der Waals surface area contributed by atoms with Gasteiger partial charge in [-0.05, 0) is 40.5 Å². The number of aromatic nitrogens is 3. The standard InChI is InChI=1S/C12H16BrN5O/c1-3-19-9-6-4-8(5-7-9)10(15-14)11-12(13)16-17-18(11)2/h4-7,10,15H,3,14H2,1-2H3. The largest absolute Gasteiger partial charge is 0.494 e. The Kier molecular flexibility index (Phi) is 4.52. The van der Waals surface area contributed by atoms with Crippen molar-refractivity contribution in [3.8, 4) is 5.75 Å². The topological polar surface area (TPSA) is 78.0 Å². The van der Waals surface area contributed by atoms with Crippen LogP contribution in [-0.2, 0) is 7.05 Å². The molecule has 6 nitrogen and oxygen atoms in total. The number of hydrogen-bond acceptors (Lipinski definition) is 5. The summed E-state index contributed by atoms with van der Waals surface area (Å²) in [5.74, 6) is 6.50. The van der Waals surface area contributed by atoms with E-state index in [0.29, 0.717) is 11.2 Å². The normalized spacial score (nSPS) is 12.4. The predicted octanol–water partition coefficient (Wildman–Crippen LogP) is 1.53. The van der Waals surface area contributed by atoms with Crippen LogP contribution in [0, 0.1) is 0 Å². The molecule has 0 saturated heterocycles. The number of nitrogens with one attached hydrogen (secondary N) is 1. The van der Waals surface area contributed by atoms with Gasteiger partial charge in [-0.1, -0.05) is 17.3 Å². The van der Waals surface area contributed by atoms with Crippen molar-refractivity contribution >= 4 is 15.9 Å². The van der Waals surface area contributed by atoms with Crippen LogP contribution >= 0.6 is 15.9 Å². The van der Waals surface area contributed by atoms with Crippen LogP contribution in [0.1, 0.15) is 24.2 Å². The second kappa shape index (κ2) is 6.14. The zero-order chi connectivity index (χ0) is 13.8. The molecule has 2 rings (SSSR count). The first-order valence-electron chi connectivity index (χ1n) is 5.91. The van der Waals surface area contributed by atoms with Crippen LogP contribution in [-0.4, -0.2) is 21.6 Å². The SMILES string of the molecule is CCOc1ccc(C(NN)c2c(Br)nnn2C)cc1. The van der Waals surface area contributed by atoms with Gasteiger partial charge in [0.15, 0.2) is 4.60 Å². The van der Waals surface area contributed by atoms with Crippen LogP contribution in [0.25, 0.3) is 0 Å². The van der Waals surface area contributed by atoms with Crippen molar-refractivity contribution in [2.45, 2.75) is 13.0 Å². The molecular formula is C12H16BrN5O. The molecule has 0 aliphatic rings. The average molecular weight is 326 g/mol. The maximum absolute atomic E-state index is 5.66. The highest BCUT2D eigenvalue weighted by molar-refractivity contribution is 9.10. The van der Waals surface area contributed by atoms with Gasteiger partial charge < -0.3 is 4.74 Å². The summed E-state index contributed by atoms with van der Waals surface area (Å²) in [4.78, 5) is 0. The lowest BCUT2D eigenvalue weighted by molar-refractivity contribution is 0.340. The van der Waals surface area contributed by atoms with Crippen molar-refractivity contribution in [3.05, 3.63) is 40.1 Å². The van der Waals surface area contributed by atoms with Gasteiger partial charge in [-0.2, -0.15) is 0 Å². The van der Waals surface area contributed by atoms with Gasteiger partial charge in [0.1, 0.15) is 5.75 Å². The van der Waals surface area contributed by atoms with Crippen molar-refractivity contribution in [3.63, 3.8) is 0 Å². The first kappa shape index (κ1) is 14.0. The van der Waals surface area contributed by atoms with Crippen LogP contribution in [0.2, 0.25) is 0 Å². The lowest BCUT2D eigenvalue weighted by atomic mass is 10.0. The zero-order valence-electron chi connectivity index (χ0n) is 10.8. The molecule has 19 heavy (non-hydrogen) atoms. The van der Waals surface area contributed by atoms with E-state index in [1.807, 2.05) is 38.2 Å². The van der Waals surface area contributed by atoms with Gasteiger partial charge in [-0.25, -0.2) is 10.1 Å². The van der Waals surface area contributed by atoms with E-state index < -0.39 is 0 Å². The molecule has 0 saturated carbocycles. The van der Waals surface area contributed by atoms with Crippen LogP contribution in [0.15, 0.2) is 28.9 Å². The lowest BCUT2D eigenvalue weighted by Crippen LogP contribution is -2.30. The van der Waals surface area contributed by atoms with E-state index in [2.05, 4.69) is 31.7 Å². The molecule has 0 aliphatic carbocycles. The van der Waals surface area contributed by atoms with E-state index in [0.717, 1.165) is 17.0 Å². The van der Waals surface area contributed by atoms with E-state index >= 15 is 0 Å². The minimum Gasteiger partial charge on any atom is -0.494 e. The highest BCUT2D eigenvalue weighted by atomic mass is 79.9. The number of rotatable bonds is 5. The summed E-state index contributed by atoms with van der Waals surface area (Å²) in [5.41, 5.74) is 4.66. The number of aryl methyl sites for hydroxylation is 1. The second-order valence-electron chi connectivity index (χ2n) is 3.99. The van der Waals surface area contributed by atoms with Crippen molar-refractivity contribution in [2.75, 3.05) is 6.61 Å². The maximum Gasteiger partial charge on any atom is 0.153 e. The van der Waals surface area contributed by atoms with Gasteiger partial charge in [0.05, 0.1) is 18.3 Å². The van der Waals surface area contributed by atoms with Crippen LogP contribution in [0.5, 0.6) is 5.75 Å². The van der Waals surface area contributed by atoms with Crippen molar-refractivity contribution in [2.24, 2.45) is 12.9 Å². The average Bonchev–Trinajstić information content (AvgIpc) is 2.74. The Hall–Kier alpha value is -1.44. The molecule has 0 fully saturated rings. The molecular weight excluding hydrogens is 310 g/mol. The predicted molar refractivity (Wildman–Crippen MR) is 75.5 cm³/mol. The number of ether oxygens (including phenoxy) is 1. The number of benzene rings is 1. The Bertz CT molecular complexity index is 520. The Morgan fingerprint density at radius 2 is 2.11 bits per heavy atom. The van der Waals surface area contributed by atoms with Gasteiger partial charge in [-0.15, -0.1) is 5.10 Å². The summed E-state index contributed by atoms with van der Waals surface area (Å²) in [6, 6.07) is 7.58. The minimum absolute atomic E-state index is 0.190. The number of halogens is 1. The second-order valence-corrected chi connectivity index (χ2v) is 4.74. The Balaban J connectivity index is 2.32. The van der Waals surface area contributed by atoms with Crippen LogP contribution in [0.4, 0.5) is 0 Å². The lowest BCUT2D eigenvalue weighted by Gasteiger charge is -2.17. The summed E-state index contributed by atoms with van der Waals surface area (Å²) in [6.07, 6.45) is 0. The molecule has 0 radical (unpaired) electrons. The molecule has 3 N–H and O–H groups in total. The summed E-state index contributed by atoms with van der Waals surface area (Å²) in [6.45, 7) is 2.60. The summed E-state index contributed by atoms with van der Waals surface area (Å²) in [5, 5.41) is 7.92. The third-order valence-electron chi connectivity index (χ3n) is 2.79. The van der Waals surface area contributed by atoms with Gasteiger partial charge in [-0.3, -0.25) is 5.84 Å². The van der Waals surface area contributed by atoms with Gasteiger partial charge in [0.2, 0.25) is 0 Å². The molecule has 102 valence electrons. The number of hydrazine groups is 1. The first-order valence-corrected chi connectivity index (χ1v) is 6.70. The number of nitrogens with zero attached hydrogens (tertiary/aromatic N) is 3. The highest BCUT2D eigenvalue weighted by Crippen LogP contribution is 2.27. The van der Waals surface area contributed by atoms with Crippen LogP contribution in [0.3, 0.4) is 0 Å². The molecule has 0 bridgehead atoms. The third-order valence-corrected chi connectivity index (χ3v) is 3.36. The number of hydrogen-bond donors (Lipinski definition) is 2. The zero-order valence-corrected chi connectivity index (χ0v) is 12.4. The third kappa shape index (κ3) is 2.94. The molecule has 1 aromatic carbocycles. The summed E-state index contributed by atoms with van der Waals surface area (Å²) >= 11 is 3.38. The van der Waals surface area contributed by atoms with E-state index in [1.54, 1.807) is 4.68 Å². The summed E-state index contributed by atoms with van der Waals surface area (Å²) < 4.78 is 7.78. The van der Waals surface area contributed by atoms with E-state index in [1.165, 1.54) is 0 Å². The molecule has 0 spiro atoms. The van der Waals surface area contributed by atoms with E-state index in [9.17, 15) is 0 Å². The molecule has 2 aromatic rings. The highest BCUT2D eigenvalue weighted by Gasteiger charge is 2.20. The van der Waals surface area contributed by atoms with Crippen molar-refractivity contribution in [1.29, 1.82) is 0 Å². The Labute approximate surface area is 120 Å². The van der Waals surface area contributed by atoms with Crippen molar-refractivity contribution < 1.29 is 4.74 Å². The Morgan fingerprint density at radius 1 is 1.42 bits per heavy atom. The fourth-order valence-electron chi connectivity index (χ4n) is 1.90. The maximum atomic E-state index is 5.66. The smallest absolute Gasteiger partial charge is 0.153 e. The molecule has 0 aliphatic heterocycles. The van der Waals surface area contributed by atoms with Gasteiger partial charge in [0, 0.05) is 7.05 Å². The van der Waals surface area contributed by atoms with Gasteiger partial charge in [0.25, 0.3) is 0 Å². The first-order chi connectivity index (χ1) is 9.17. The molecule has 1 unspecified atom stereocenters. The van der Waals surface area contributed by atoms with E-state index in [-0.39, 0.29) is 6.04 Å². The van der Waals surface area contributed by atoms with Crippen LogP contribution < -0.4 is 16.0 Å². The molecule has 1 atom stereocenters. The fourth-order valence-corrected chi connectivity index (χ4v) is 2.46. The number of nitrogens with two attached hydrogens (primary N) is 1. The monoisotopic (exact) mass is 325 g/mol. The molecule has 7 heteroatoms.